The number of methoxy groups -OCH3 is 1. The van der Waals surface area contributed by atoms with Gasteiger partial charge in [0.15, 0.2) is 0 Å². The zero-order valence-corrected chi connectivity index (χ0v) is 10.2. The van der Waals surface area contributed by atoms with E-state index in [0.29, 0.717) is 0 Å². The molecule has 0 aromatic heterocycles. The number of ether oxygens (including phenoxy) is 1. The molecule has 0 atom stereocenters. The van der Waals surface area contributed by atoms with Crippen LogP contribution in [-0.4, -0.2) is 25.7 Å². The summed E-state index contributed by atoms with van der Waals surface area (Å²) < 4.78 is 4.80. The maximum atomic E-state index is 11.4. The Kier molecular flexibility index (Phi) is 4.22. The summed E-state index contributed by atoms with van der Waals surface area (Å²) in [7, 11) is 1.49. The van der Waals surface area contributed by atoms with Gasteiger partial charge in [-0.3, -0.25) is 4.79 Å². The summed E-state index contributed by atoms with van der Waals surface area (Å²) >= 11 is 0. The molecule has 0 spiro atoms. The Balaban J connectivity index is 1.62. The largest absolute Gasteiger partial charge is 0.469 e. The molecule has 2 aliphatic rings. The fourth-order valence-electron chi connectivity index (χ4n) is 2.71. The van der Waals surface area contributed by atoms with Crippen LogP contribution >= 0.6 is 0 Å². The van der Waals surface area contributed by atoms with Gasteiger partial charge in [0.25, 0.3) is 0 Å². The van der Waals surface area contributed by atoms with Crippen LogP contribution < -0.4 is 5.32 Å². The van der Waals surface area contributed by atoms with Crippen LogP contribution in [0.1, 0.15) is 44.9 Å². The molecule has 3 heteroatoms. The Morgan fingerprint density at radius 2 is 1.88 bits per heavy atom. The third-order valence-corrected chi connectivity index (χ3v) is 4.18. The lowest BCUT2D eigenvalue weighted by Gasteiger charge is -2.31. The maximum absolute atomic E-state index is 11.4. The average Bonchev–Trinajstić information content (AvgIpc) is 2.27. The van der Waals surface area contributed by atoms with E-state index in [0.717, 1.165) is 31.3 Å². The van der Waals surface area contributed by atoms with Crippen LogP contribution in [0.4, 0.5) is 0 Å². The van der Waals surface area contributed by atoms with Crippen LogP contribution in [0.3, 0.4) is 0 Å². The van der Waals surface area contributed by atoms with Gasteiger partial charge in [0.2, 0.25) is 0 Å². The average molecular weight is 225 g/mol. The summed E-state index contributed by atoms with van der Waals surface area (Å²) in [6.07, 6.45) is 8.51. The van der Waals surface area contributed by atoms with Crippen LogP contribution in [0.5, 0.6) is 0 Å². The van der Waals surface area contributed by atoms with Gasteiger partial charge in [0.05, 0.1) is 13.0 Å². The predicted octanol–water partition coefficient (Wildman–Crippen LogP) is 2.11. The van der Waals surface area contributed by atoms with Crippen LogP contribution in [0.2, 0.25) is 0 Å². The lowest BCUT2D eigenvalue weighted by atomic mass is 9.81. The molecule has 0 saturated heterocycles. The van der Waals surface area contributed by atoms with E-state index in [1.165, 1.54) is 39.2 Å². The first-order chi connectivity index (χ1) is 7.79. The Labute approximate surface area is 97.9 Å². The van der Waals surface area contributed by atoms with E-state index in [1.54, 1.807) is 0 Å². The minimum Gasteiger partial charge on any atom is -0.469 e. The highest BCUT2D eigenvalue weighted by atomic mass is 16.5. The SMILES string of the molecule is COC(=O)C1CCC(CNC2CCC2)CC1. The summed E-state index contributed by atoms with van der Waals surface area (Å²) in [6.45, 7) is 1.15. The summed E-state index contributed by atoms with van der Waals surface area (Å²) in [5, 5.41) is 3.63. The van der Waals surface area contributed by atoms with Crippen molar-refractivity contribution in [2.24, 2.45) is 11.8 Å². The van der Waals surface area contributed by atoms with Gasteiger partial charge in [-0.25, -0.2) is 0 Å². The van der Waals surface area contributed by atoms with E-state index in [4.69, 9.17) is 4.74 Å². The van der Waals surface area contributed by atoms with Crippen LogP contribution in [0.25, 0.3) is 0 Å². The summed E-state index contributed by atoms with van der Waals surface area (Å²) in [5.74, 6) is 0.942. The molecule has 0 heterocycles. The molecular formula is C13H23NO2. The Bertz CT molecular complexity index is 230. The van der Waals surface area contributed by atoms with Crippen molar-refractivity contribution < 1.29 is 9.53 Å². The van der Waals surface area contributed by atoms with Gasteiger partial charge in [0, 0.05) is 6.04 Å². The molecule has 1 N–H and O–H groups in total. The van der Waals surface area contributed by atoms with Gasteiger partial charge < -0.3 is 10.1 Å². The van der Waals surface area contributed by atoms with Crippen LogP contribution in [-0.2, 0) is 9.53 Å². The number of hydrogen-bond acceptors (Lipinski definition) is 3. The van der Waals surface area contributed by atoms with E-state index in [1.807, 2.05) is 0 Å². The summed E-state index contributed by atoms with van der Waals surface area (Å²) in [5.41, 5.74) is 0. The zero-order chi connectivity index (χ0) is 11.4. The predicted molar refractivity (Wildman–Crippen MR) is 63.1 cm³/mol. The second kappa shape index (κ2) is 5.67. The van der Waals surface area contributed by atoms with Crippen molar-refractivity contribution in [3.8, 4) is 0 Å². The van der Waals surface area contributed by atoms with E-state index in [2.05, 4.69) is 5.32 Å². The van der Waals surface area contributed by atoms with Crippen molar-refractivity contribution >= 4 is 5.97 Å². The quantitative estimate of drug-likeness (QED) is 0.745. The zero-order valence-electron chi connectivity index (χ0n) is 10.2. The monoisotopic (exact) mass is 225 g/mol. The third-order valence-electron chi connectivity index (χ3n) is 4.18. The van der Waals surface area contributed by atoms with E-state index < -0.39 is 0 Å². The molecule has 0 radical (unpaired) electrons. The molecule has 2 aliphatic carbocycles. The van der Waals surface area contributed by atoms with Crippen molar-refractivity contribution in [3.63, 3.8) is 0 Å². The highest BCUT2D eigenvalue weighted by molar-refractivity contribution is 5.72. The molecule has 0 amide bonds. The van der Waals surface area contributed by atoms with Crippen molar-refractivity contribution in [2.45, 2.75) is 51.0 Å². The standard InChI is InChI=1S/C13H23NO2/c1-16-13(15)11-7-5-10(6-8-11)9-14-12-3-2-4-12/h10-12,14H,2-9H2,1H3. The van der Waals surface area contributed by atoms with Gasteiger partial charge in [-0.15, -0.1) is 0 Å². The number of esters is 1. The lowest BCUT2D eigenvalue weighted by molar-refractivity contribution is -0.146. The maximum Gasteiger partial charge on any atom is 0.308 e. The van der Waals surface area contributed by atoms with Crippen molar-refractivity contribution in [2.75, 3.05) is 13.7 Å². The summed E-state index contributed by atoms with van der Waals surface area (Å²) in [6, 6.07) is 0.790. The van der Waals surface area contributed by atoms with Crippen LogP contribution in [0, 0.1) is 11.8 Å². The van der Waals surface area contributed by atoms with Crippen LogP contribution in [0.15, 0.2) is 0 Å². The van der Waals surface area contributed by atoms with Crippen molar-refractivity contribution in [3.05, 3.63) is 0 Å². The second-order valence-electron chi connectivity index (χ2n) is 5.28. The Morgan fingerprint density at radius 3 is 2.38 bits per heavy atom. The molecule has 0 aromatic rings. The van der Waals surface area contributed by atoms with E-state index >= 15 is 0 Å². The molecule has 92 valence electrons. The number of carbonyl (C=O) groups is 1. The van der Waals surface area contributed by atoms with E-state index in [9.17, 15) is 4.79 Å². The number of nitrogens with one attached hydrogen (secondary N) is 1. The lowest BCUT2D eigenvalue weighted by Crippen LogP contribution is -2.39. The minimum atomic E-state index is -0.00889. The molecule has 16 heavy (non-hydrogen) atoms. The second-order valence-corrected chi connectivity index (χ2v) is 5.28. The molecule has 0 bridgehead atoms. The summed E-state index contributed by atoms with van der Waals surface area (Å²) in [4.78, 5) is 11.4. The molecule has 2 saturated carbocycles. The number of carbonyl (C=O) groups excluding carboxylic acids is 1. The van der Waals surface area contributed by atoms with Gasteiger partial charge in [-0.2, -0.15) is 0 Å². The van der Waals surface area contributed by atoms with Gasteiger partial charge >= 0.3 is 5.97 Å². The molecule has 3 nitrogen and oxygen atoms in total. The first-order valence-electron chi connectivity index (χ1n) is 6.61. The molecule has 2 fully saturated rings. The van der Waals surface area contributed by atoms with Crippen molar-refractivity contribution in [1.29, 1.82) is 0 Å². The highest BCUT2D eigenvalue weighted by Crippen LogP contribution is 2.29. The molecular weight excluding hydrogens is 202 g/mol. The highest BCUT2D eigenvalue weighted by Gasteiger charge is 2.27. The fourth-order valence-corrected chi connectivity index (χ4v) is 2.71. The fraction of sp³-hybridized carbons (Fsp3) is 0.923. The molecule has 0 aromatic carbocycles. The topological polar surface area (TPSA) is 38.3 Å². The number of hydrogen-bond donors (Lipinski definition) is 1. The minimum absolute atomic E-state index is 0.00889. The number of rotatable bonds is 4. The Hall–Kier alpha value is -0.570. The normalized spacial score (nSPS) is 30.8. The molecule has 2 rings (SSSR count). The van der Waals surface area contributed by atoms with Gasteiger partial charge in [-0.05, 0) is 51.0 Å². The molecule has 0 aliphatic heterocycles. The van der Waals surface area contributed by atoms with Gasteiger partial charge in [0.1, 0.15) is 0 Å². The van der Waals surface area contributed by atoms with Gasteiger partial charge in [-0.1, -0.05) is 6.42 Å². The first-order valence-corrected chi connectivity index (χ1v) is 6.61. The molecule has 0 unspecified atom stereocenters. The van der Waals surface area contributed by atoms with Crippen molar-refractivity contribution in [1.82, 2.24) is 5.32 Å². The Morgan fingerprint density at radius 1 is 1.19 bits per heavy atom. The third kappa shape index (κ3) is 2.97. The first kappa shape index (κ1) is 11.9. The smallest absolute Gasteiger partial charge is 0.308 e. The van der Waals surface area contributed by atoms with E-state index in [-0.39, 0.29) is 11.9 Å².